The summed E-state index contributed by atoms with van der Waals surface area (Å²) in [6.07, 6.45) is 1.77. The third-order valence-corrected chi connectivity index (χ3v) is 5.93. The Kier molecular flexibility index (Phi) is 5.35. The zero-order chi connectivity index (χ0) is 22.3. The Hall–Kier alpha value is -3.48. The van der Waals surface area contributed by atoms with Crippen molar-refractivity contribution >= 4 is 34.4 Å². The molecular formula is C24H26N4O3. The van der Waals surface area contributed by atoms with Gasteiger partial charge >= 0.3 is 0 Å². The second kappa shape index (κ2) is 7.98. The summed E-state index contributed by atoms with van der Waals surface area (Å²) in [5.41, 5.74) is 4.87. The van der Waals surface area contributed by atoms with Crippen molar-refractivity contribution in [1.29, 1.82) is 0 Å². The molecule has 1 unspecified atom stereocenters. The Morgan fingerprint density at radius 2 is 1.77 bits per heavy atom. The smallest absolute Gasteiger partial charge is 0.263 e. The number of hydrogen-bond acceptors (Lipinski definition) is 4. The number of carbonyl (C=O) groups is 3. The molecule has 3 aromatic rings. The van der Waals surface area contributed by atoms with E-state index in [1.54, 1.807) is 40.1 Å². The molecule has 2 heterocycles. The van der Waals surface area contributed by atoms with Gasteiger partial charge in [0.1, 0.15) is 6.33 Å². The van der Waals surface area contributed by atoms with E-state index in [4.69, 9.17) is 0 Å². The first-order chi connectivity index (χ1) is 14.7. The number of aryl methyl sites for hydroxylation is 2. The van der Waals surface area contributed by atoms with Crippen LogP contribution in [0.1, 0.15) is 41.8 Å². The lowest BCUT2D eigenvalue weighted by Crippen LogP contribution is -2.33. The lowest BCUT2D eigenvalue weighted by atomic mass is 10.1. The molecule has 1 N–H and O–H groups in total. The van der Waals surface area contributed by atoms with E-state index >= 15 is 0 Å². The van der Waals surface area contributed by atoms with Crippen LogP contribution in [0.4, 0.5) is 5.69 Å². The molecule has 0 bridgehead atoms. The highest BCUT2D eigenvalue weighted by Gasteiger charge is 2.35. The van der Waals surface area contributed by atoms with Gasteiger partial charge in [-0.25, -0.2) is 4.98 Å². The number of fused-ring (bicyclic) bond motifs is 1. The van der Waals surface area contributed by atoms with Gasteiger partial charge in [-0.15, -0.1) is 0 Å². The Morgan fingerprint density at radius 1 is 1.10 bits per heavy atom. The summed E-state index contributed by atoms with van der Waals surface area (Å²) in [4.78, 5) is 43.7. The lowest BCUT2D eigenvalue weighted by molar-refractivity contribution is -0.129. The molecule has 0 spiro atoms. The fourth-order valence-corrected chi connectivity index (χ4v) is 3.91. The van der Waals surface area contributed by atoms with Crippen LogP contribution < -0.4 is 5.32 Å². The van der Waals surface area contributed by atoms with Crippen molar-refractivity contribution in [1.82, 2.24) is 14.5 Å². The van der Waals surface area contributed by atoms with Crippen LogP contribution in [0.3, 0.4) is 0 Å². The van der Waals surface area contributed by atoms with Gasteiger partial charge in [0, 0.05) is 30.3 Å². The minimum absolute atomic E-state index is 0.00841. The molecule has 7 heteroatoms. The first kappa shape index (κ1) is 20.8. The Labute approximate surface area is 181 Å². The molecule has 0 aliphatic carbocycles. The van der Waals surface area contributed by atoms with Crippen LogP contribution in [-0.2, 0) is 9.59 Å². The number of hydrogen-bond donors (Lipinski definition) is 1. The van der Waals surface area contributed by atoms with Crippen molar-refractivity contribution < 1.29 is 14.4 Å². The third kappa shape index (κ3) is 3.95. The molecule has 1 aliphatic rings. The van der Waals surface area contributed by atoms with Crippen LogP contribution in [0.25, 0.3) is 11.0 Å². The monoisotopic (exact) mass is 418 g/mol. The van der Waals surface area contributed by atoms with E-state index in [2.05, 4.69) is 10.3 Å². The number of imidazole rings is 1. The van der Waals surface area contributed by atoms with Crippen molar-refractivity contribution in [2.24, 2.45) is 5.92 Å². The normalized spacial score (nSPS) is 16.4. The minimum Gasteiger partial charge on any atom is -0.339 e. The summed E-state index contributed by atoms with van der Waals surface area (Å²) < 4.78 is 1.54. The van der Waals surface area contributed by atoms with Gasteiger partial charge in [0.05, 0.1) is 17.0 Å². The van der Waals surface area contributed by atoms with Gasteiger partial charge in [0.2, 0.25) is 11.8 Å². The number of nitrogens with one attached hydrogen (secondary N) is 1. The maximum Gasteiger partial charge on any atom is 0.263 e. The Bertz CT molecular complexity index is 1180. The van der Waals surface area contributed by atoms with E-state index in [1.807, 2.05) is 39.8 Å². The largest absolute Gasteiger partial charge is 0.339 e. The van der Waals surface area contributed by atoms with E-state index in [0.717, 1.165) is 22.2 Å². The zero-order valence-electron chi connectivity index (χ0n) is 18.2. The van der Waals surface area contributed by atoms with Crippen LogP contribution in [0, 0.1) is 19.8 Å². The summed E-state index contributed by atoms with van der Waals surface area (Å²) in [5, 5.41) is 2.86. The van der Waals surface area contributed by atoms with Gasteiger partial charge in [-0.05, 0) is 75.2 Å². The molecule has 1 saturated heterocycles. The van der Waals surface area contributed by atoms with Crippen molar-refractivity contribution in [3.05, 3.63) is 59.4 Å². The molecule has 2 amide bonds. The highest BCUT2D eigenvalue weighted by molar-refractivity contribution is 6.02. The molecule has 1 aliphatic heterocycles. The number of benzene rings is 2. The number of anilines is 1. The topological polar surface area (TPSA) is 84.3 Å². The number of carbonyl (C=O) groups excluding carboxylic acids is 3. The predicted molar refractivity (Wildman–Crippen MR) is 119 cm³/mol. The van der Waals surface area contributed by atoms with Crippen molar-refractivity contribution in [2.45, 2.75) is 40.2 Å². The molecule has 0 saturated carbocycles. The zero-order valence-corrected chi connectivity index (χ0v) is 18.2. The molecule has 7 nitrogen and oxygen atoms in total. The summed E-state index contributed by atoms with van der Waals surface area (Å²) in [6.45, 7) is 8.35. The fraction of sp³-hybridized carbons (Fsp3) is 0.333. The number of amides is 2. The highest BCUT2D eigenvalue weighted by Crippen LogP contribution is 2.23. The van der Waals surface area contributed by atoms with E-state index in [-0.39, 0.29) is 36.1 Å². The average molecular weight is 418 g/mol. The molecule has 4 rings (SSSR count). The standard InChI is InChI=1S/C24H26N4O3/c1-14(2)27-12-18(11-22(27)29)23(30)26-19-7-5-17(6-8-19)24(31)28-13-25-20-9-15(3)16(4)10-21(20)28/h5-10,13-14,18H,11-12H2,1-4H3,(H,26,30). The second-order valence-corrected chi connectivity index (χ2v) is 8.45. The van der Waals surface area contributed by atoms with Gasteiger partial charge in [0.15, 0.2) is 0 Å². The van der Waals surface area contributed by atoms with E-state index in [1.165, 1.54) is 0 Å². The van der Waals surface area contributed by atoms with Crippen molar-refractivity contribution in [3.8, 4) is 0 Å². The molecule has 1 aromatic heterocycles. The van der Waals surface area contributed by atoms with Crippen molar-refractivity contribution in [3.63, 3.8) is 0 Å². The predicted octanol–water partition coefficient (Wildman–Crippen LogP) is 3.54. The van der Waals surface area contributed by atoms with Gasteiger partial charge in [-0.1, -0.05) is 0 Å². The fourth-order valence-electron chi connectivity index (χ4n) is 3.91. The van der Waals surface area contributed by atoms with Crippen LogP contribution in [0.15, 0.2) is 42.7 Å². The molecule has 2 aromatic carbocycles. The van der Waals surface area contributed by atoms with Crippen LogP contribution >= 0.6 is 0 Å². The average Bonchev–Trinajstić information content (AvgIpc) is 3.32. The Morgan fingerprint density at radius 3 is 2.42 bits per heavy atom. The first-order valence-corrected chi connectivity index (χ1v) is 10.4. The molecule has 31 heavy (non-hydrogen) atoms. The molecule has 160 valence electrons. The highest BCUT2D eigenvalue weighted by atomic mass is 16.2. The van der Waals surface area contributed by atoms with Crippen molar-refractivity contribution in [2.75, 3.05) is 11.9 Å². The SMILES string of the molecule is Cc1cc2ncn(C(=O)c3ccc(NC(=O)C4CC(=O)N(C(C)C)C4)cc3)c2cc1C. The van der Waals surface area contributed by atoms with E-state index in [9.17, 15) is 14.4 Å². The molecule has 1 fully saturated rings. The molecular weight excluding hydrogens is 392 g/mol. The second-order valence-electron chi connectivity index (χ2n) is 8.45. The summed E-state index contributed by atoms with van der Waals surface area (Å²) >= 11 is 0. The van der Waals surface area contributed by atoms with Gasteiger partial charge in [0.25, 0.3) is 5.91 Å². The summed E-state index contributed by atoms with van der Waals surface area (Å²) in [7, 11) is 0. The van der Waals surface area contributed by atoms with Gasteiger partial charge < -0.3 is 10.2 Å². The maximum absolute atomic E-state index is 13.0. The third-order valence-electron chi connectivity index (χ3n) is 5.93. The molecule has 0 radical (unpaired) electrons. The minimum atomic E-state index is -0.361. The number of likely N-dealkylation sites (tertiary alicyclic amines) is 1. The lowest BCUT2D eigenvalue weighted by Gasteiger charge is -2.20. The number of aromatic nitrogens is 2. The van der Waals surface area contributed by atoms with Gasteiger partial charge in [-0.2, -0.15) is 0 Å². The van der Waals surface area contributed by atoms with Crippen LogP contribution in [0.2, 0.25) is 0 Å². The summed E-state index contributed by atoms with van der Waals surface area (Å²) in [5.74, 6) is -0.714. The maximum atomic E-state index is 13.0. The first-order valence-electron chi connectivity index (χ1n) is 10.4. The quantitative estimate of drug-likeness (QED) is 0.702. The van der Waals surface area contributed by atoms with Crippen LogP contribution in [0.5, 0.6) is 0 Å². The number of nitrogens with zero attached hydrogens (tertiary/aromatic N) is 3. The Balaban J connectivity index is 1.47. The summed E-state index contributed by atoms with van der Waals surface area (Å²) in [6, 6.07) is 10.8. The van der Waals surface area contributed by atoms with Gasteiger partial charge in [-0.3, -0.25) is 19.0 Å². The number of rotatable bonds is 4. The van der Waals surface area contributed by atoms with Crippen LogP contribution in [-0.4, -0.2) is 44.8 Å². The molecule has 1 atom stereocenters. The van der Waals surface area contributed by atoms with E-state index in [0.29, 0.717) is 17.8 Å². The van der Waals surface area contributed by atoms with E-state index < -0.39 is 0 Å².